The zero-order valence-electron chi connectivity index (χ0n) is 9.54. The predicted octanol–water partition coefficient (Wildman–Crippen LogP) is 0.144. The number of aromatic nitrogens is 3. The van der Waals surface area contributed by atoms with Gasteiger partial charge in [-0.1, -0.05) is 0 Å². The van der Waals surface area contributed by atoms with Crippen LogP contribution in [0.25, 0.3) is 5.65 Å². The van der Waals surface area contributed by atoms with E-state index in [1.54, 1.807) is 10.7 Å². The summed E-state index contributed by atoms with van der Waals surface area (Å²) in [5.74, 6) is 0.831. The maximum absolute atomic E-state index is 5.70. The molecule has 0 aromatic carbocycles. The topological polar surface area (TPSA) is 68.7 Å². The van der Waals surface area contributed by atoms with Crippen LogP contribution in [-0.4, -0.2) is 45.8 Å². The van der Waals surface area contributed by atoms with Gasteiger partial charge in [-0.3, -0.25) is 4.90 Å². The number of nitrogens with two attached hydrogens (primary N) is 1. The van der Waals surface area contributed by atoms with Gasteiger partial charge in [-0.2, -0.15) is 0 Å². The summed E-state index contributed by atoms with van der Waals surface area (Å²) in [6.07, 6.45) is 1.78. The number of nitrogens with zero attached hydrogens (tertiary/aromatic N) is 4. The zero-order valence-corrected chi connectivity index (χ0v) is 9.54. The van der Waals surface area contributed by atoms with Gasteiger partial charge in [0.05, 0.1) is 31.6 Å². The van der Waals surface area contributed by atoms with Gasteiger partial charge in [-0.15, -0.1) is 5.10 Å². The van der Waals surface area contributed by atoms with Crippen LogP contribution in [0.3, 0.4) is 0 Å². The van der Waals surface area contributed by atoms with Crippen molar-refractivity contribution in [2.75, 3.05) is 32.0 Å². The monoisotopic (exact) mass is 233 g/mol. The van der Waals surface area contributed by atoms with Crippen molar-refractivity contribution >= 4 is 11.3 Å². The van der Waals surface area contributed by atoms with Crippen LogP contribution in [0.1, 0.15) is 5.82 Å². The fourth-order valence-corrected chi connectivity index (χ4v) is 1.97. The Balaban J connectivity index is 1.80. The van der Waals surface area contributed by atoms with Gasteiger partial charge in [-0.05, 0) is 12.1 Å². The number of rotatable bonds is 2. The number of nitrogen functional groups attached to an aromatic ring is 1. The number of hydrogen-bond donors (Lipinski definition) is 1. The van der Waals surface area contributed by atoms with Crippen LogP contribution in [-0.2, 0) is 11.3 Å². The number of fused-ring (bicyclic) bond motifs is 1. The molecule has 0 bridgehead atoms. The molecule has 90 valence electrons. The minimum Gasteiger partial charge on any atom is -0.397 e. The highest BCUT2D eigenvalue weighted by Crippen LogP contribution is 2.08. The first-order valence-electron chi connectivity index (χ1n) is 5.72. The van der Waals surface area contributed by atoms with Crippen LogP contribution in [0, 0.1) is 0 Å². The molecule has 1 aliphatic rings. The minimum atomic E-state index is 0.695. The fourth-order valence-electron chi connectivity index (χ4n) is 1.97. The Morgan fingerprint density at radius 2 is 2.12 bits per heavy atom. The average Bonchev–Trinajstić information content (AvgIpc) is 2.71. The van der Waals surface area contributed by atoms with Crippen molar-refractivity contribution in [3.63, 3.8) is 0 Å². The quantitative estimate of drug-likeness (QED) is 0.799. The van der Waals surface area contributed by atoms with Gasteiger partial charge in [0.15, 0.2) is 11.5 Å². The highest BCUT2D eigenvalue weighted by atomic mass is 16.5. The maximum atomic E-state index is 5.70. The second-order valence-electron chi connectivity index (χ2n) is 4.18. The second-order valence-corrected chi connectivity index (χ2v) is 4.18. The maximum Gasteiger partial charge on any atom is 0.165 e. The van der Waals surface area contributed by atoms with E-state index in [0.717, 1.165) is 44.3 Å². The van der Waals surface area contributed by atoms with E-state index in [1.807, 2.05) is 12.1 Å². The van der Waals surface area contributed by atoms with E-state index in [2.05, 4.69) is 15.0 Å². The van der Waals surface area contributed by atoms with E-state index in [-0.39, 0.29) is 0 Å². The Morgan fingerprint density at radius 1 is 1.29 bits per heavy atom. The van der Waals surface area contributed by atoms with Crippen LogP contribution in [0.2, 0.25) is 0 Å². The van der Waals surface area contributed by atoms with Crippen molar-refractivity contribution in [1.82, 2.24) is 19.5 Å². The number of pyridine rings is 1. The van der Waals surface area contributed by atoms with Crippen molar-refractivity contribution in [3.8, 4) is 0 Å². The lowest BCUT2D eigenvalue weighted by atomic mass is 10.4. The molecule has 2 N–H and O–H groups in total. The molecule has 17 heavy (non-hydrogen) atoms. The van der Waals surface area contributed by atoms with Crippen LogP contribution in [0.4, 0.5) is 5.69 Å². The molecule has 2 aromatic rings. The Bertz CT molecular complexity index is 518. The van der Waals surface area contributed by atoms with Crippen molar-refractivity contribution in [2.24, 2.45) is 0 Å². The number of anilines is 1. The van der Waals surface area contributed by atoms with E-state index in [9.17, 15) is 0 Å². The lowest BCUT2D eigenvalue weighted by Crippen LogP contribution is -2.35. The number of morpholine rings is 1. The highest BCUT2D eigenvalue weighted by molar-refractivity contribution is 5.46. The summed E-state index contributed by atoms with van der Waals surface area (Å²) in [4.78, 5) is 6.76. The smallest absolute Gasteiger partial charge is 0.165 e. The summed E-state index contributed by atoms with van der Waals surface area (Å²) in [7, 11) is 0. The predicted molar refractivity (Wildman–Crippen MR) is 63.5 cm³/mol. The SMILES string of the molecule is Nc1ccc2nc(CN3CCOCC3)nn2c1. The van der Waals surface area contributed by atoms with Crippen LogP contribution >= 0.6 is 0 Å². The summed E-state index contributed by atoms with van der Waals surface area (Å²) in [6, 6.07) is 3.72. The number of ether oxygens (including phenoxy) is 1. The summed E-state index contributed by atoms with van der Waals surface area (Å²) >= 11 is 0. The molecular weight excluding hydrogens is 218 g/mol. The highest BCUT2D eigenvalue weighted by Gasteiger charge is 2.13. The van der Waals surface area contributed by atoms with E-state index in [4.69, 9.17) is 10.5 Å². The van der Waals surface area contributed by atoms with E-state index in [1.165, 1.54) is 0 Å². The molecule has 1 aliphatic heterocycles. The van der Waals surface area contributed by atoms with Crippen molar-refractivity contribution in [2.45, 2.75) is 6.54 Å². The first-order chi connectivity index (χ1) is 8.31. The zero-order chi connectivity index (χ0) is 11.7. The third-order valence-electron chi connectivity index (χ3n) is 2.87. The number of hydrogen-bond acceptors (Lipinski definition) is 5. The first kappa shape index (κ1) is 10.5. The van der Waals surface area contributed by atoms with Gasteiger partial charge in [0, 0.05) is 13.1 Å². The molecule has 0 saturated carbocycles. The standard InChI is InChI=1S/C11H15N5O/c12-9-1-2-11-13-10(14-16(11)7-9)8-15-3-5-17-6-4-15/h1-2,7H,3-6,8,12H2. The molecule has 0 atom stereocenters. The third kappa shape index (κ3) is 2.22. The molecule has 6 heteroatoms. The Hall–Kier alpha value is -1.66. The molecule has 3 rings (SSSR count). The fraction of sp³-hybridized carbons (Fsp3) is 0.455. The molecule has 6 nitrogen and oxygen atoms in total. The molecule has 0 unspecified atom stereocenters. The van der Waals surface area contributed by atoms with Gasteiger partial charge in [0.2, 0.25) is 0 Å². The molecule has 3 heterocycles. The molecule has 1 saturated heterocycles. The normalized spacial score (nSPS) is 17.6. The largest absolute Gasteiger partial charge is 0.397 e. The Labute approximate surface area is 99.0 Å². The lowest BCUT2D eigenvalue weighted by molar-refractivity contribution is 0.0331. The Kier molecular flexibility index (Phi) is 2.66. The molecular formula is C11H15N5O. The van der Waals surface area contributed by atoms with Crippen LogP contribution in [0.15, 0.2) is 18.3 Å². The van der Waals surface area contributed by atoms with Gasteiger partial charge in [0.1, 0.15) is 0 Å². The molecule has 0 amide bonds. The van der Waals surface area contributed by atoms with E-state index < -0.39 is 0 Å². The van der Waals surface area contributed by atoms with Gasteiger partial charge >= 0.3 is 0 Å². The third-order valence-corrected chi connectivity index (χ3v) is 2.87. The Morgan fingerprint density at radius 3 is 2.94 bits per heavy atom. The van der Waals surface area contributed by atoms with Gasteiger partial charge in [0.25, 0.3) is 0 Å². The average molecular weight is 233 g/mol. The molecule has 1 fully saturated rings. The molecule has 0 aliphatic carbocycles. The van der Waals surface area contributed by atoms with E-state index in [0.29, 0.717) is 5.69 Å². The molecule has 0 radical (unpaired) electrons. The van der Waals surface area contributed by atoms with Crippen LogP contribution in [0.5, 0.6) is 0 Å². The van der Waals surface area contributed by atoms with Crippen molar-refractivity contribution in [3.05, 3.63) is 24.2 Å². The van der Waals surface area contributed by atoms with Gasteiger partial charge < -0.3 is 10.5 Å². The minimum absolute atomic E-state index is 0.695. The summed E-state index contributed by atoms with van der Waals surface area (Å²) in [5.41, 5.74) is 7.23. The van der Waals surface area contributed by atoms with Gasteiger partial charge in [-0.25, -0.2) is 9.50 Å². The first-order valence-corrected chi connectivity index (χ1v) is 5.72. The lowest BCUT2D eigenvalue weighted by Gasteiger charge is -2.25. The molecule has 2 aromatic heterocycles. The second kappa shape index (κ2) is 4.31. The molecule has 0 spiro atoms. The summed E-state index contributed by atoms with van der Waals surface area (Å²) < 4.78 is 7.04. The van der Waals surface area contributed by atoms with Crippen LogP contribution < -0.4 is 5.73 Å². The van der Waals surface area contributed by atoms with Crippen molar-refractivity contribution < 1.29 is 4.74 Å². The van der Waals surface area contributed by atoms with Crippen molar-refractivity contribution in [1.29, 1.82) is 0 Å². The van der Waals surface area contributed by atoms with E-state index >= 15 is 0 Å². The summed E-state index contributed by atoms with van der Waals surface area (Å²) in [6.45, 7) is 4.24. The summed E-state index contributed by atoms with van der Waals surface area (Å²) in [5, 5.41) is 4.41.